The van der Waals surface area contributed by atoms with Gasteiger partial charge in [-0.25, -0.2) is 8.42 Å². The molecule has 1 saturated heterocycles. The van der Waals surface area contributed by atoms with Crippen molar-refractivity contribution >= 4 is 16.0 Å². The fourth-order valence-electron chi connectivity index (χ4n) is 3.50. The fourth-order valence-corrected chi connectivity index (χ4v) is 5.02. The monoisotopic (exact) mass is 430 g/mol. The molecule has 0 aromatic heterocycles. The van der Waals surface area contributed by atoms with Gasteiger partial charge in [0.1, 0.15) is 5.75 Å². The predicted molar refractivity (Wildman–Crippen MR) is 119 cm³/mol. The third-order valence-electron chi connectivity index (χ3n) is 5.23. The number of hydrogen-bond acceptors (Lipinski definition) is 4. The summed E-state index contributed by atoms with van der Waals surface area (Å²) in [6.45, 7) is 2.49. The van der Waals surface area contributed by atoms with Gasteiger partial charge in [-0.15, -0.1) is 0 Å². The van der Waals surface area contributed by atoms with Crippen LogP contribution in [0, 0.1) is 0 Å². The Morgan fingerprint density at radius 1 is 1.07 bits per heavy atom. The molecule has 0 atom stereocenters. The van der Waals surface area contributed by atoms with Gasteiger partial charge < -0.3 is 15.0 Å². The number of methoxy groups -OCH3 is 1. The topological polar surface area (TPSA) is 74.2 Å². The lowest BCUT2D eigenvalue weighted by Gasteiger charge is -2.22. The van der Waals surface area contributed by atoms with Crippen molar-refractivity contribution in [1.29, 1.82) is 0 Å². The van der Waals surface area contributed by atoms with Crippen molar-refractivity contribution in [1.82, 2.24) is 14.5 Å². The van der Waals surface area contributed by atoms with Gasteiger partial charge in [-0.3, -0.25) is 4.99 Å². The van der Waals surface area contributed by atoms with Gasteiger partial charge in [-0.05, 0) is 48.2 Å². The van der Waals surface area contributed by atoms with E-state index in [1.807, 2.05) is 48.3 Å². The molecule has 7 nitrogen and oxygen atoms in total. The summed E-state index contributed by atoms with van der Waals surface area (Å²) in [7, 11) is 2.01. The average molecular weight is 431 g/mol. The second kappa shape index (κ2) is 9.95. The van der Waals surface area contributed by atoms with E-state index in [0.717, 1.165) is 35.7 Å². The molecule has 1 aliphatic heterocycles. The molecule has 0 aliphatic carbocycles. The van der Waals surface area contributed by atoms with Crippen LogP contribution < -0.4 is 10.1 Å². The van der Waals surface area contributed by atoms with Crippen molar-refractivity contribution in [3.05, 3.63) is 59.7 Å². The maximum atomic E-state index is 12.6. The molecule has 0 spiro atoms. The molecule has 0 amide bonds. The molecule has 1 aliphatic rings. The first-order valence-corrected chi connectivity index (χ1v) is 11.5. The molecule has 3 rings (SSSR count). The summed E-state index contributed by atoms with van der Waals surface area (Å²) >= 11 is 0. The number of ether oxygens (including phenoxy) is 1. The molecular formula is C22H30N4O3S. The summed E-state index contributed by atoms with van der Waals surface area (Å²) in [4.78, 5) is 6.74. The quantitative estimate of drug-likeness (QED) is 0.540. The minimum absolute atomic E-state index is 0.356. The third-order valence-corrected chi connectivity index (χ3v) is 7.14. The van der Waals surface area contributed by atoms with E-state index >= 15 is 0 Å². The van der Waals surface area contributed by atoms with Crippen LogP contribution in [0.25, 0.3) is 0 Å². The SMILES string of the molecule is CN=C(NCc1ccc(S(=O)(=O)N2CCCC2)cc1)N(C)Cc1ccc(OC)cc1. The number of benzene rings is 2. The Hall–Kier alpha value is -2.58. The Morgan fingerprint density at radius 3 is 2.23 bits per heavy atom. The standard InChI is InChI=1S/C22H30N4O3S/c1-23-22(25(2)17-19-6-10-20(29-3)11-7-19)24-16-18-8-12-21(13-9-18)30(27,28)26-14-4-5-15-26/h6-13H,4-5,14-17H2,1-3H3,(H,23,24). The van der Waals surface area contributed by atoms with Crippen LogP contribution in [-0.4, -0.2) is 57.9 Å². The van der Waals surface area contributed by atoms with Gasteiger partial charge in [0.15, 0.2) is 5.96 Å². The molecule has 1 fully saturated rings. The first kappa shape index (κ1) is 22.1. The summed E-state index contributed by atoms with van der Waals surface area (Å²) in [5, 5.41) is 3.33. The van der Waals surface area contributed by atoms with Crippen LogP contribution in [0.2, 0.25) is 0 Å². The molecule has 0 saturated carbocycles. The van der Waals surface area contributed by atoms with E-state index in [4.69, 9.17) is 4.74 Å². The molecule has 2 aromatic carbocycles. The fraction of sp³-hybridized carbons (Fsp3) is 0.409. The van der Waals surface area contributed by atoms with Crippen LogP contribution in [0.3, 0.4) is 0 Å². The van der Waals surface area contributed by atoms with Gasteiger partial charge in [0.2, 0.25) is 10.0 Å². The van der Waals surface area contributed by atoms with Crippen molar-refractivity contribution in [3.8, 4) is 5.75 Å². The summed E-state index contributed by atoms with van der Waals surface area (Å²) in [6.07, 6.45) is 1.87. The van der Waals surface area contributed by atoms with Crippen LogP contribution >= 0.6 is 0 Å². The Labute approximate surface area is 179 Å². The first-order chi connectivity index (χ1) is 14.4. The van der Waals surface area contributed by atoms with E-state index in [0.29, 0.717) is 31.1 Å². The van der Waals surface area contributed by atoms with Gasteiger partial charge in [-0.2, -0.15) is 4.31 Å². The van der Waals surface area contributed by atoms with Crippen LogP contribution in [0.15, 0.2) is 58.4 Å². The van der Waals surface area contributed by atoms with Crippen molar-refractivity contribution < 1.29 is 13.2 Å². The Balaban J connectivity index is 1.57. The first-order valence-electron chi connectivity index (χ1n) is 10.1. The summed E-state index contributed by atoms with van der Waals surface area (Å²) in [6, 6.07) is 15.0. The highest BCUT2D eigenvalue weighted by Gasteiger charge is 2.26. The Morgan fingerprint density at radius 2 is 1.67 bits per heavy atom. The Bertz CT molecular complexity index is 951. The lowest BCUT2D eigenvalue weighted by Crippen LogP contribution is -2.38. The van der Waals surface area contributed by atoms with Gasteiger partial charge in [0.25, 0.3) is 0 Å². The van der Waals surface area contributed by atoms with Gasteiger partial charge in [0.05, 0.1) is 12.0 Å². The number of aliphatic imine (C=N–C) groups is 1. The molecule has 1 heterocycles. The zero-order chi connectivity index (χ0) is 21.6. The molecule has 8 heteroatoms. The Kier molecular flexibility index (Phi) is 7.33. The molecule has 0 radical (unpaired) electrons. The molecule has 30 heavy (non-hydrogen) atoms. The normalized spacial score (nSPS) is 15.2. The van der Waals surface area contributed by atoms with Crippen LogP contribution in [0.1, 0.15) is 24.0 Å². The minimum atomic E-state index is -3.37. The summed E-state index contributed by atoms with van der Waals surface area (Å²) < 4.78 is 32.0. The molecule has 2 aromatic rings. The highest BCUT2D eigenvalue weighted by atomic mass is 32.2. The summed E-state index contributed by atoms with van der Waals surface area (Å²) in [5.74, 6) is 1.60. The van der Waals surface area contributed by atoms with E-state index in [9.17, 15) is 8.42 Å². The molecule has 0 bridgehead atoms. The van der Waals surface area contributed by atoms with Gasteiger partial charge in [0, 0.05) is 40.3 Å². The van der Waals surface area contributed by atoms with E-state index in [-0.39, 0.29) is 0 Å². The molecule has 0 unspecified atom stereocenters. The van der Waals surface area contributed by atoms with E-state index in [1.165, 1.54) is 0 Å². The molecule has 1 N–H and O–H groups in total. The third kappa shape index (κ3) is 5.31. The van der Waals surface area contributed by atoms with Gasteiger partial charge >= 0.3 is 0 Å². The second-order valence-electron chi connectivity index (χ2n) is 7.36. The summed E-state index contributed by atoms with van der Waals surface area (Å²) in [5.41, 5.74) is 2.15. The maximum Gasteiger partial charge on any atom is 0.243 e. The van der Waals surface area contributed by atoms with Crippen molar-refractivity contribution in [2.75, 3.05) is 34.3 Å². The zero-order valence-electron chi connectivity index (χ0n) is 17.8. The highest BCUT2D eigenvalue weighted by Crippen LogP contribution is 2.21. The number of rotatable bonds is 7. The van der Waals surface area contributed by atoms with Crippen molar-refractivity contribution in [2.24, 2.45) is 4.99 Å². The molecule has 162 valence electrons. The predicted octanol–water partition coefficient (Wildman–Crippen LogP) is 2.69. The highest BCUT2D eigenvalue weighted by molar-refractivity contribution is 7.89. The van der Waals surface area contributed by atoms with E-state index < -0.39 is 10.0 Å². The number of sulfonamides is 1. The van der Waals surface area contributed by atoms with Gasteiger partial charge in [-0.1, -0.05) is 24.3 Å². The van der Waals surface area contributed by atoms with E-state index in [2.05, 4.69) is 10.3 Å². The molecular weight excluding hydrogens is 400 g/mol. The minimum Gasteiger partial charge on any atom is -0.497 e. The van der Waals surface area contributed by atoms with Crippen LogP contribution in [-0.2, 0) is 23.1 Å². The maximum absolute atomic E-state index is 12.6. The number of hydrogen-bond donors (Lipinski definition) is 1. The largest absolute Gasteiger partial charge is 0.497 e. The van der Waals surface area contributed by atoms with Crippen molar-refractivity contribution in [2.45, 2.75) is 30.8 Å². The van der Waals surface area contributed by atoms with Crippen LogP contribution in [0.5, 0.6) is 5.75 Å². The van der Waals surface area contributed by atoms with E-state index in [1.54, 1.807) is 30.6 Å². The average Bonchev–Trinajstić information content (AvgIpc) is 3.31. The second-order valence-corrected chi connectivity index (χ2v) is 9.30. The number of nitrogens with zero attached hydrogens (tertiary/aromatic N) is 3. The number of nitrogens with one attached hydrogen (secondary N) is 1. The van der Waals surface area contributed by atoms with Crippen molar-refractivity contribution in [3.63, 3.8) is 0 Å². The smallest absolute Gasteiger partial charge is 0.243 e. The van der Waals surface area contributed by atoms with Crippen LogP contribution in [0.4, 0.5) is 0 Å². The number of guanidine groups is 1. The zero-order valence-corrected chi connectivity index (χ0v) is 18.7. The lowest BCUT2D eigenvalue weighted by atomic mass is 10.2. The lowest BCUT2D eigenvalue weighted by molar-refractivity contribution is 0.414.